The van der Waals surface area contributed by atoms with Crippen molar-refractivity contribution in [2.75, 3.05) is 0 Å². The van der Waals surface area contributed by atoms with Gasteiger partial charge < -0.3 is 24.5 Å². The molecule has 0 bridgehead atoms. The lowest BCUT2D eigenvalue weighted by Gasteiger charge is -2.17. The van der Waals surface area contributed by atoms with Crippen LogP contribution in [0.2, 0.25) is 10.0 Å². The predicted octanol–water partition coefficient (Wildman–Crippen LogP) is 8.06. The number of imidazole rings is 1. The molecule has 7 rings (SSSR count). The zero-order chi connectivity index (χ0) is 36.7. The highest BCUT2D eigenvalue weighted by Gasteiger charge is 2.17. The fraction of sp³-hybridized carbons (Fsp3) is 0.0976. The van der Waals surface area contributed by atoms with Crippen molar-refractivity contribution in [1.82, 2.24) is 34.7 Å². The second-order valence-corrected chi connectivity index (χ2v) is 12.9. The molecule has 3 aromatic carbocycles. The molecule has 0 saturated carbocycles. The van der Waals surface area contributed by atoms with E-state index in [9.17, 15) is 9.59 Å². The zero-order valence-corrected chi connectivity index (χ0v) is 30.1. The summed E-state index contributed by atoms with van der Waals surface area (Å²) in [5.41, 5.74) is 6.69. The van der Waals surface area contributed by atoms with Crippen LogP contribution < -0.4 is 15.4 Å². The van der Waals surface area contributed by atoms with Gasteiger partial charge in [-0.3, -0.25) is 14.6 Å². The average molecular weight is 743 g/mol. The number of pyridine rings is 2. The van der Waals surface area contributed by atoms with E-state index in [1.54, 1.807) is 55.1 Å². The molecule has 2 amide bonds. The number of benzene rings is 3. The summed E-state index contributed by atoms with van der Waals surface area (Å²) in [5.74, 6) is 0.118. The van der Waals surface area contributed by atoms with Crippen molar-refractivity contribution < 1.29 is 14.3 Å². The summed E-state index contributed by atoms with van der Waals surface area (Å²) in [7, 11) is 0. The van der Waals surface area contributed by atoms with E-state index in [0.29, 0.717) is 44.7 Å². The Morgan fingerprint density at radius 2 is 1.74 bits per heavy atom. The van der Waals surface area contributed by atoms with E-state index < -0.39 is 0 Å². The maximum atomic E-state index is 12.8. The number of fused-ring (bicyclic) bond motifs is 1. The van der Waals surface area contributed by atoms with Gasteiger partial charge in [-0.15, -0.1) is 0 Å². The van der Waals surface area contributed by atoms with Gasteiger partial charge in [0.2, 0.25) is 5.91 Å². The van der Waals surface area contributed by atoms with Gasteiger partial charge in [-0.2, -0.15) is 0 Å². The Balaban J connectivity index is 0.996. The van der Waals surface area contributed by atoms with Gasteiger partial charge in [0.1, 0.15) is 17.9 Å². The van der Waals surface area contributed by atoms with E-state index in [0.717, 1.165) is 33.7 Å². The second kappa shape index (κ2) is 16.0. The predicted molar refractivity (Wildman–Crippen MR) is 206 cm³/mol. The molecule has 0 aliphatic heterocycles. The Hall–Kier alpha value is -6.23. The second-order valence-electron chi connectivity index (χ2n) is 12.1. The van der Waals surface area contributed by atoms with Gasteiger partial charge in [0.25, 0.3) is 5.91 Å². The third-order valence-electron chi connectivity index (χ3n) is 8.52. The first-order valence-corrected chi connectivity index (χ1v) is 17.5. The Kier molecular flexibility index (Phi) is 10.6. The van der Waals surface area contributed by atoms with Crippen molar-refractivity contribution in [2.45, 2.75) is 26.6 Å². The van der Waals surface area contributed by atoms with Crippen molar-refractivity contribution in [3.8, 4) is 17.1 Å². The number of hydrogen-bond acceptors (Lipinski definition) is 6. The fourth-order valence-electron chi connectivity index (χ4n) is 5.84. The third-order valence-corrected chi connectivity index (χ3v) is 9.30. The Bertz CT molecular complexity index is 2430. The van der Waals surface area contributed by atoms with Gasteiger partial charge >= 0.3 is 0 Å². The van der Waals surface area contributed by atoms with Crippen LogP contribution in [-0.2, 0) is 24.5 Å². The number of aryl methyl sites for hydroxylation is 1. The molecule has 7 aromatic rings. The quantitative estimate of drug-likeness (QED) is 0.123. The molecule has 264 valence electrons. The molecule has 0 radical (unpaired) electrons. The van der Waals surface area contributed by atoms with Crippen molar-refractivity contribution in [2.24, 2.45) is 0 Å². The summed E-state index contributed by atoms with van der Waals surface area (Å²) in [6.45, 7) is 2.63. The maximum Gasteiger partial charge on any atom is 0.251 e. The molecule has 4 aromatic heterocycles. The van der Waals surface area contributed by atoms with Crippen molar-refractivity contribution in [3.63, 3.8) is 0 Å². The third kappa shape index (κ3) is 8.14. The summed E-state index contributed by atoms with van der Waals surface area (Å²) < 4.78 is 10.2. The summed E-state index contributed by atoms with van der Waals surface area (Å²) >= 11 is 13.7. The number of rotatable bonds is 12. The molecule has 2 N–H and O–H groups in total. The van der Waals surface area contributed by atoms with Crippen LogP contribution in [0.4, 0.5) is 0 Å². The van der Waals surface area contributed by atoms with Gasteiger partial charge in [-0.05, 0) is 79.2 Å². The van der Waals surface area contributed by atoms with Crippen LogP contribution in [0.1, 0.15) is 38.6 Å². The summed E-state index contributed by atoms with van der Waals surface area (Å²) in [5, 5.41) is 7.60. The number of para-hydroxylation sites is 1. The zero-order valence-electron chi connectivity index (χ0n) is 28.5. The first-order valence-electron chi connectivity index (χ1n) is 16.7. The van der Waals surface area contributed by atoms with Crippen molar-refractivity contribution in [1.29, 1.82) is 0 Å². The highest BCUT2D eigenvalue weighted by atomic mass is 35.5. The van der Waals surface area contributed by atoms with E-state index in [1.807, 2.05) is 89.1 Å². The Labute approximate surface area is 315 Å². The van der Waals surface area contributed by atoms with Crippen LogP contribution in [0.3, 0.4) is 0 Å². The van der Waals surface area contributed by atoms with Gasteiger partial charge in [0.05, 0.1) is 41.5 Å². The van der Waals surface area contributed by atoms with E-state index in [1.165, 1.54) is 6.08 Å². The number of hydrogen-bond donors (Lipinski definition) is 2. The Morgan fingerprint density at radius 1 is 0.868 bits per heavy atom. The van der Waals surface area contributed by atoms with Gasteiger partial charge in [-0.25, -0.2) is 9.97 Å². The molecular weight excluding hydrogens is 709 g/mol. The first kappa shape index (κ1) is 35.2. The number of amides is 2. The van der Waals surface area contributed by atoms with E-state index >= 15 is 0 Å². The number of halogens is 2. The minimum atomic E-state index is -0.277. The number of aromatic nitrogens is 5. The van der Waals surface area contributed by atoms with Crippen LogP contribution in [0.5, 0.6) is 5.75 Å². The number of carbonyl (C=O) groups is 2. The van der Waals surface area contributed by atoms with Gasteiger partial charge in [-0.1, -0.05) is 53.5 Å². The van der Waals surface area contributed by atoms with Gasteiger partial charge in [0, 0.05) is 63.8 Å². The minimum absolute atomic E-state index is 0.107. The van der Waals surface area contributed by atoms with Crippen LogP contribution in [0.25, 0.3) is 28.4 Å². The molecule has 4 heterocycles. The normalized spacial score (nSPS) is 11.2. The number of carbonyl (C=O) groups excluding carboxylic acids is 2. The highest BCUT2D eigenvalue weighted by molar-refractivity contribution is 6.37. The summed E-state index contributed by atoms with van der Waals surface area (Å²) in [6, 6.07) is 27.8. The van der Waals surface area contributed by atoms with E-state index in [-0.39, 0.29) is 25.0 Å². The van der Waals surface area contributed by atoms with Crippen molar-refractivity contribution >= 4 is 52.0 Å². The lowest BCUT2D eigenvalue weighted by Crippen LogP contribution is -2.23. The van der Waals surface area contributed by atoms with Crippen LogP contribution >= 0.6 is 23.2 Å². The topological polar surface area (TPSA) is 116 Å². The largest absolute Gasteiger partial charge is 0.487 e. The minimum Gasteiger partial charge on any atom is -0.487 e. The summed E-state index contributed by atoms with van der Waals surface area (Å²) in [6.07, 6.45) is 12.1. The average Bonchev–Trinajstić information content (AvgIpc) is 3.89. The smallest absolute Gasteiger partial charge is 0.251 e. The summed E-state index contributed by atoms with van der Waals surface area (Å²) in [4.78, 5) is 38.5. The van der Waals surface area contributed by atoms with Gasteiger partial charge in [0.15, 0.2) is 0 Å². The molecule has 0 spiro atoms. The van der Waals surface area contributed by atoms with Crippen molar-refractivity contribution in [3.05, 3.63) is 172 Å². The molecule has 53 heavy (non-hydrogen) atoms. The highest BCUT2D eigenvalue weighted by Crippen LogP contribution is 2.34. The Morgan fingerprint density at radius 3 is 2.53 bits per heavy atom. The molecule has 0 saturated heterocycles. The van der Waals surface area contributed by atoms with E-state index in [4.69, 9.17) is 32.9 Å². The maximum absolute atomic E-state index is 12.8. The lowest BCUT2D eigenvalue weighted by atomic mass is 10.1. The molecule has 0 aliphatic carbocycles. The van der Waals surface area contributed by atoms with Crippen LogP contribution in [0.15, 0.2) is 128 Å². The first-order chi connectivity index (χ1) is 25.8. The standard InChI is InChI=1S/C41H33Cl2N7O3/c1-27-22-36(49-21-19-44-26-49)32-8-4-9-37(40(32)48-27)53-25-33-34(42)15-16-35(39(33)43)50-20-5-7-31(50)24-46-38(51)17-12-28-10-13-29(14-11-28)41(52)47-23-30-6-2-3-18-45-30/h2-22,26H,23-25H2,1H3,(H,46,51)(H,47,52). The fourth-order valence-corrected chi connectivity index (χ4v) is 6.41. The lowest BCUT2D eigenvalue weighted by molar-refractivity contribution is -0.116. The monoisotopic (exact) mass is 741 g/mol. The van der Waals surface area contributed by atoms with E-state index in [2.05, 4.69) is 20.6 Å². The number of nitrogens with one attached hydrogen (secondary N) is 2. The van der Waals surface area contributed by atoms with Crippen LogP contribution in [0, 0.1) is 6.92 Å². The number of nitrogens with zero attached hydrogens (tertiary/aromatic N) is 5. The molecule has 0 fully saturated rings. The molecule has 10 nitrogen and oxygen atoms in total. The molecule has 0 atom stereocenters. The number of ether oxygens (including phenoxy) is 1. The molecule has 0 aliphatic rings. The molecule has 0 unspecified atom stereocenters. The molecular formula is C41H33Cl2N7O3. The van der Waals surface area contributed by atoms with Crippen LogP contribution in [-0.4, -0.2) is 35.9 Å². The SMILES string of the molecule is Cc1cc(-n2ccnc2)c2cccc(OCc3c(Cl)ccc(-n4cccc4CNC(=O)C=Cc4ccc(C(=O)NCc5ccccn5)cc4)c3Cl)c2n1. The molecule has 12 heteroatoms.